The van der Waals surface area contributed by atoms with Gasteiger partial charge in [0, 0.05) is 25.6 Å². The van der Waals surface area contributed by atoms with E-state index in [1.807, 2.05) is 0 Å². The Morgan fingerprint density at radius 1 is 1.42 bits per heavy atom. The first kappa shape index (κ1) is 16.5. The molecule has 2 N–H and O–H groups in total. The molecular formula is C16H17F3N4O. The average Bonchev–Trinajstić information content (AvgIpc) is 2.90. The van der Waals surface area contributed by atoms with E-state index in [4.69, 9.17) is 0 Å². The molecule has 0 bridgehead atoms. The molecule has 0 spiro atoms. The average molecular weight is 338 g/mol. The summed E-state index contributed by atoms with van der Waals surface area (Å²) in [7, 11) is 0. The van der Waals surface area contributed by atoms with E-state index in [0.717, 1.165) is 29.5 Å². The van der Waals surface area contributed by atoms with Gasteiger partial charge in [-0.25, -0.2) is 4.68 Å². The van der Waals surface area contributed by atoms with Crippen molar-refractivity contribution in [2.75, 3.05) is 19.6 Å². The summed E-state index contributed by atoms with van der Waals surface area (Å²) in [6.07, 6.45) is -3.72. The summed E-state index contributed by atoms with van der Waals surface area (Å²) >= 11 is 0. The summed E-state index contributed by atoms with van der Waals surface area (Å²) < 4.78 is 41.3. The van der Waals surface area contributed by atoms with Crippen LogP contribution >= 0.6 is 0 Å². The van der Waals surface area contributed by atoms with Crippen LogP contribution in [0.25, 0.3) is 5.69 Å². The Hall–Kier alpha value is -2.35. The summed E-state index contributed by atoms with van der Waals surface area (Å²) in [6, 6.07) is 6.54. The van der Waals surface area contributed by atoms with E-state index in [2.05, 4.69) is 15.7 Å². The van der Waals surface area contributed by atoms with Crippen LogP contribution in [0.1, 0.15) is 21.6 Å². The monoisotopic (exact) mass is 338 g/mol. The Morgan fingerprint density at radius 2 is 2.17 bits per heavy atom. The maximum Gasteiger partial charge on any atom is 0.434 e. The second-order valence-electron chi connectivity index (χ2n) is 5.89. The van der Waals surface area contributed by atoms with Crippen molar-refractivity contribution in [2.24, 2.45) is 5.92 Å². The first-order chi connectivity index (χ1) is 11.4. The van der Waals surface area contributed by atoms with Crippen molar-refractivity contribution in [3.05, 3.63) is 47.3 Å². The number of hydrogen-bond acceptors (Lipinski definition) is 3. The highest BCUT2D eigenvalue weighted by Crippen LogP contribution is 2.33. The van der Waals surface area contributed by atoms with Crippen molar-refractivity contribution in [3.8, 4) is 5.69 Å². The van der Waals surface area contributed by atoms with E-state index in [-0.39, 0.29) is 11.6 Å². The van der Waals surface area contributed by atoms with Crippen LogP contribution in [-0.4, -0.2) is 35.3 Å². The molecule has 0 aliphatic carbocycles. The summed E-state index contributed by atoms with van der Waals surface area (Å²) in [4.78, 5) is 12.2. The number of aryl methyl sites for hydroxylation is 1. The molecule has 128 valence electrons. The zero-order valence-corrected chi connectivity index (χ0v) is 13.0. The standard InChI is InChI=1S/C16H17F3N4O/c1-10-3-2-4-12(5-10)23-14(16(17,18)19)13(9-22-23)15(24)21-8-11-6-20-7-11/h2-5,9,11,20H,6-8H2,1H3,(H,21,24). The minimum absolute atomic E-state index is 0.259. The lowest BCUT2D eigenvalue weighted by Gasteiger charge is -2.27. The SMILES string of the molecule is Cc1cccc(-n2ncc(C(=O)NCC3CNC3)c2C(F)(F)F)c1. The molecule has 3 rings (SSSR count). The second-order valence-corrected chi connectivity index (χ2v) is 5.89. The van der Waals surface area contributed by atoms with Gasteiger partial charge in [0.15, 0.2) is 5.69 Å². The molecule has 1 aliphatic heterocycles. The first-order valence-electron chi connectivity index (χ1n) is 7.57. The number of hydrogen-bond donors (Lipinski definition) is 2. The van der Waals surface area contributed by atoms with Gasteiger partial charge in [-0.2, -0.15) is 18.3 Å². The molecule has 1 aromatic carbocycles. The molecule has 1 aliphatic rings. The Bertz CT molecular complexity index is 750. The highest BCUT2D eigenvalue weighted by atomic mass is 19.4. The lowest BCUT2D eigenvalue weighted by Crippen LogP contribution is -2.48. The molecule has 0 unspecified atom stereocenters. The number of halogens is 3. The summed E-state index contributed by atoms with van der Waals surface area (Å²) in [5.74, 6) is -0.497. The maximum absolute atomic E-state index is 13.5. The molecule has 8 heteroatoms. The zero-order valence-electron chi connectivity index (χ0n) is 13.0. The molecular weight excluding hydrogens is 321 g/mol. The van der Waals surface area contributed by atoms with E-state index >= 15 is 0 Å². The highest BCUT2D eigenvalue weighted by molar-refractivity contribution is 5.95. The lowest BCUT2D eigenvalue weighted by atomic mass is 10.0. The quantitative estimate of drug-likeness (QED) is 0.898. The molecule has 0 radical (unpaired) electrons. The summed E-state index contributed by atoms with van der Waals surface area (Å²) in [5.41, 5.74) is -0.446. The van der Waals surface area contributed by atoms with Crippen LogP contribution in [0.5, 0.6) is 0 Å². The van der Waals surface area contributed by atoms with E-state index in [1.54, 1.807) is 25.1 Å². The minimum Gasteiger partial charge on any atom is -0.352 e. The normalized spacial score (nSPS) is 15.2. The van der Waals surface area contributed by atoms with Crippen molar-refractivity contribution >= 4 is 5.91 Å². The molecule has 1 amide bonds. The molecule has 1 saturated heterocycles. The van der Waals surface area contributed by atoms with Crippen LogP contribution in [-0.2, 0) is 6.18 Å². The molecule has 0 atom stereocenters. The third-order valence-electron chi connectivity index (χ3n) is 3.95. The van der Waals surface area contributed by atoms with Gasteiger partial charge in [0.1, 0.15) is 0 Å². The number of aromatic nitrogens is 2. The number of amides is 1. The van der Waals surface area contributed by atoms with Crippen molar-refractivity contribution in [2.45, 2.75) is 13.1 Å². The van der Waals surface area contributed by atoms with Gasteiger partial charge in [0.25, 0.3) is 5.91 Å². The first-order valence-corrected chi connectivity index (χ1v) is 7.57. The zero-order chi connectivity index (χ0) is 17.3. The third-order valence-corrected chi connectivity index (χ3v) is 3.95. The number of rotatable bonds is 4. The number of carbonyl (C=O) groups is 1. The fraction of sp³-hybridized carbons (Fsp3) is 0.375. The second kappa shape index (κ2) is 6.27. The molecule has 0 saturated carbocycles. The molecule has 1 aromatic heterocycles. The molecule has 2 aromatic rings. The van der Waals surface area contributed by atoms with Gasteiger partial charge in [-0.1, -0.05) is 12.1 Å². The van der Waals surface area contributed by atoms with Crippen molar-refractivity contribution in [1.82, 2.24) is 20.4 Å². The fourth-order valence-electron chi connectivity index (χ4n) is 2.57. The Labute approximate surface area is 136 Å². The maximum atomic E-state index is 13.5. The van der Waals surface area contributed by atoms with Crippen LogP contribution in [0.15, 0.2) is 30.5 Å². The minimum atomic E-state index is -4.69. The van der Waals surface area contributed by atoms with Gasteiger partial charge in [0.05, 0.1) is 17.4 Å². The Kier molecular flexibility index (Phi) is 4.31. The Balaban J connectivity index is 1.93. The summed E-state index contributed by atoms with van der Waals surface area (Å²) in [6.45, 7) is 3.64. The van der Waals surface area contributed by atoms with E-state index in [1.165, 1.54) is 6.07 Å². The van der Waals surface area contributed by atoms with Gasteiger partial charge in [0.2, 0.25) is 0 Å². The smallest absolute Gasteiger partial charge is 0.352 e. The predicted octanol–water partition coefficient (Wildman–Crippen LogP) is 2.15. The van der Waals surface area contributed by atoms with Gasteiger partial charge in [-0.05, 0) is 24.6 Å². The van der Waals surface area contributed by atoms with Crippen molar-refractivity contribution < 1.29 is 18.0 Å². The van der Waals surface area contributed by atoms with Crippen molar-refractivity contribution in [3.63, 3.8) is 0 Å². The topological polar surface area (TPSA) is 59.0 Å². The van der Waals surface area contributed by atoms with E-state index in [9.17, 15) is 18.0 Å². The number of alkyl halides is 3. The fourth-order valence-corrected chi connectivity index (χ4v) is 2.57. The molecule has 1 fully saturated rings. The number of nitrogens with zero attached hydrogens (tertiary/aromatic N) is 2. The van der Waals surface area contributed by atoms with Gasteiger partial charge in [-0.3, -0.25) is 4.79 Å². The third kappa shape index (κ3) is 3.28. The molecule has 5 nitrogen and oxygen atoms in total. The summed E-state index contributed by atoms with van der Waals surface area (Å²) in [5, 5.41) is 9.40. The Morgan fingerprint density at radius 3 is 2.75 bits per heavy atom. The lowest BCUT2D eigenvalue weighted by molar-refractivity contribution is -0.143. The van der Waals surface area contributed by atoms with Gasteiger partial charge >= 0.3 is 6.18 Å². The van der Waals surface area contributed by atoms with Crippen molar-refractivity contribution in [1.29, 1.82) is 0 Å². The number of carbonyl (C=O) groups excluding carboxylic acids is 1. The molecule has 2 heterocycles. The molecule has 24 heavy (non-hydrogen) atoms. The van der Waals surface area contributed by atoms with Gasteiger partial charge < -0.3 is 10.6 Å². The number of nitrogens with one attached hydrogen (secondary N) is 2. The van der Waals surface area contributed by atoms with Crippen LogP contribution < -0.4 is 10.6 Å². The largest absolute Gasteiger partial charge is 0.434 e. The number of benzene rings is 1. The van der Waals surface area contributed by atoms with Crippen LogP contribution in [0, 0.1) is 12.8 Å². The predicted molar refractivity (Wildman–Crippen MR) is 82.0 cm³/mol. The highest BCUT2D eigenvalue weighted by Gasteiger charge is 2.40. The van der Waals surface area contributed by atoms with Crippen LogP contribution in [0.2, 0.25) is 0 Å². The van der Waals surface area contributed by atoms with E-state index in [0.29, 0.717) is 6.54 Å². The van der Waals surface area contributed by atoms with Gasteiger partial charge in [-0.15, -0.1) is 0 Å². The van der Waals surface area contributed by atoms with E-state index < -0.39 is 23.3 Å². The van der Waals surface area contributed by atoms with Crippen LogP contribution in [0.4, 0.5) is 13.2 Å². The van der Waals surface area contributed by atoms with Crippen LogP contribution in [0.3, 0.4) is 0 Å².